The number of nitrogens with one attached hydrogen (secondary N) is 1. The number of ether oxygens (including phenoxy) is 1. The molecule has 0 radical (unpaired) electrons. The second-order valence-corrected chi connectivity index (χ2v) is 4.14. The highest BCUT2D eigenvalue weighted by Crippen LogP contribution is 2.12. The standard InChI is InChI=1S/C14H22N2O3/c1-3-16(9-10-17)14(18)15-8-7-12-5-4-6-13(11-12)19-2/h4-6,11,17H,3,7-10H2,1-2H3,(H,15,18). The van der Waals surface area contributed by atoms with Gasteiger partial charge in [-0.1, -0.05) is 12.1 Å². The summed E-state index contributed by atoms with van der Waals surface area (Å²) >= 11 is 0. The number of urea groups is 1. The lowest BCUT2D eigenvalue weighted by molar-refractivity contribution is 0.180. The number of benzene rings is 1. The number of nitrogens with zero attached hydrogens (tertiary/aromatic N) is 1. The molecule has 0 unspecified atom stereocenters. The van der Waals surface area contributed by atoms with Crippen molar-refractivity contribution in [1.82, 2.24) is 10.2 Å². The Hall–Kier alpha value is -1.75. The molecule has 0 aliphatic carbocycles. The highest BCUT2D eigenvalue weighted by Gasteiger charge is 2.09. The van der Waals surface area contributed by atoms with E-state index in [1.165, 1.54) is 0 Å². The van der Waals surface area contributed by atoms with Gasteiger partial charge in [0, 0.05) is 19.6 Å². The molecule has 0 spiro atoms. The molecule has 1 aromatic rings. The number of aliphatic hydroxyl groups is 1. The number of amides is 2. The van der Waals surface area contributed by atoms with Gasteiger partial charge in [-0.05, 0) is 31.0 Å². The number of rotatable bonds is 7. The first-order chi connectivity index (χ1) is 9.21. The molecular weight excluding hydrogens is 244 g/mol. The molecule has 2 N–H and O–H groups in total. The van der Waals surface area contributed by atoms with E-state index in [-0.39, 0.29) is 12.6 Å². The predicted molar refractivity (Wildman–Crippen MR) is 74.4 cm³/mol. The van der Waals surface area contributed by atoms with Crippen LogP contribution in [0.15, 0.2) is 24.3 Å². The Bertz CT molecular complexity index is 396. The summed E-state index contributed by atoms with van der Waals surface area (Å²) in [5, 5.41) is 11.7. The molecule has 2 amide bonds. The minimum atomic E-state index is -0.139. The molecule has 19 heavy (non-hydrogen) atoms. The Kier molecular flexibility index (Phi) is 6.74. The van der Waals surface area contributed by atoms with Crippen molar-refractivity contribution in [2.24, 2.45) is 0 Å². The second kappa shape index (κ2) is 8.37. The van der Waals surface area contributed by atoms with Crippen molar-refractivity contribution in [3.63, 3.8) is 0 Å². The summed E-state index contributed by atoms with van der Waals surface area (Å²) in [5.74, 6) is 0.819. The molecule has 0 saturated heterocycles. The smallest absolute Gasteiger partial charge is 0.317 e. The Morgan fingerprint density at radius 3 is 2.89 bits per heavy atom. The third-order valence-electron chi connectivity index (χ3n) is 2.86. The predicted octanol–water partition coefficient (Wildman–Crippen LogP) is 1.26. The van der Waals surface area contributed by atoms with Crippen LogP contribution >= 0.6 is 0 Å². The van der Waals surface area contributed by atoms with Crippen LogP contribution in [0.3, 0.4) is 0 Å². The van der Waals surface area contributed by atoms with E-state index in [2.05, 4.69) is 5.32 Å². The van der Waals surface area contributed by atoms with Gasteiger partial charge in [0.25, 0.3) is 0 Å². The van der Waals surface area contributed by atoms with Crippen molar-refractivity contribution in [1.29, 1.82) is 0 Å². The Morgan fingerprint density at radius 2 is 2.26 bits per heavy atom. The Labute approximate surface area is 114 Å². The lowest BCUT2D eigenvalue weighted by Gasteiger charge is -2.20. The normalized spacial score (nSPS) is 10.1. The lowest BCUT2D eigenvalue weighted by atomic mass is 10.1. The molecule has 0 aliphatic rings. The van der Waals surface area contributed by atoms with Gasteiger partial charge < -0.3 is 20.1 Å². The Morgan fingerprint density at radius 1 is 1.47 bits per heavy atom. The fourth-order valence-electron chi connectivity index (χ4n) is 1.78. The Balaban J connectivity index is 2.38. The quantitative estimate of drug-likeness (QED) is 0.781. The number of hydrogen-bond donors (Lipinski definition) is 2. The van der Waals surface area contributed by atoms with Crippen LogP contribution in [0.5, 0.6) is 5.75 Å². The topological polar surface area (TPSA) is 61.8 Å². The molecule has 0 aliphatic heterocycles. The van der Waals surface area contributed by atoms with Gasteiger partial charge in [-0.25, -0.2) is 4.79 Å². The summed E-state index contributed by atoms with van der Waals surface area (Å²) in [7, 11) is 1.63. The van der Waals surface area contributed by atoms with Crippen LogP contribution in [0.2, 0.25) is 0 Å². The number of carbonyl (C=O) groups is 1. The molecule has 0 aromatic heterocycles. The fourth-order valence-corrected chi connectivity index (χ4v) is 1.78. The maximum Gasteiger partial charge on any atom is 0.317 e. The average Bonchev–Trinajstić information content (AvgIpc) is 2.44. The molecule has 5 heteroatoms. The summed E-state index contributed by atoms with van der Waals surface area (Å²) in [6.07, 6.45) is 0.750. The number of likely N-dealkylation sites (N-methyl/N-ethyl adjacent to an activating group) is 1. The summed E-state index contributed by atoms with van der Waals surface area (Å²) in [6.45, 7) is 3.38. The van der Waals surface area contributed by atoms with Gasteiger partial charge in [0.05, 0.1) is 13.7 Å². The third kappa shape index (κ3) is 5.18. The van der Waals surface area contributed by atoms with Crippen molar-refractivity contribution in [3.05, 3.63) is 29.8 Å². The van der Waals surface area contributed by atoms with Crippen LogP contribution in [-0.2, 0) is 6.42 Å². The van der Waals surface area contributed by atoms with Gasteiger partial charge in [0.2, 0.25) is 0 Å². The van der Waals surface area contributed by atoms with Crippen LogP contribution in [0.25, 0.3) is 0 Å². The molecule has 5 nitrogen and oxygen atoms in total. The van der Waals surface area contributed by atoms with Crippen LogP contribution in [0.4, 0.5) is 4.79 Å². The van der Waals surface area contributed by atoms with Gasteiger partial charge in [-0.3, -0.25) is 0 Å². The van der Waals surface area contributed by atoms with Crippen molar-refractivity contribution in [2.75, 3.05) is 33.4 Å². The highest BCUT2D eigenvalue weighted by atomic mass is 16.5. The zero-order chi connectivity index (χ0) is 14.1. The van der Waals surface area contributed by atoms with E-state index >= 15 is 0 Å². The van der Waals surface area contributed by atoms with Crippen molar-refractivity contribution in [2.45, 2.75) is 13.3 Å². The first kappa shape index (κ1) is 15.3. The number of methoxy groups -OCH3 is 1. The second-order valence-electron chi connectivity index (χ2n) is 4.14. The van der Waals surface area contributed by atoms with E-state index in [1.54, 1.807) is 12.0 Å². The van der Waals surface area contributed by atoms with Gasteiger partial charge in [-0.15, -0.1) is 0 Å². The molecule has 1 rings (SSSR count). The minimum absolute atomic E-state index is 0.0167. The summed E-state index contributed by atoms with van der Waals surface area (Å²) < 4.78 is 5.15. The highest BCUT2D eigenvalue weighted by molar-refractivity contribution is 5.74. The van der Waals surface area contributed by atoms with Crippen molar-refractivity contribution >= 4 is 6.03 Å². The molecule has 106 valence electrons. The van der Waals surface area contributed by atoms with Crippen LogP contribution in [0, 0.1) is 0 Å². The molecule has 0 atom stereocenters. The average molecular weight is 266 g/mol. The number of aliphatic hydroxyl groups excluding tert-OH is 1. The summed E-state index contributed by atoms with van der Waals surface area (Å²) in [4.78, 5) is 13.3. The van der Waals surface area contributed by atoms with Gasteiger partial charge >= 0.3 is 6.03 Å². The van der Waals surface area contributed by atoms with Crippen LogP contribution in [0.1, 0.15) is 12.5 Å². The van der Waals surface area contributed by atoms with Crippen molar-refractivity contribution < 1.29 is 14.6 Å². The summed E-state index contributed by atoms with van der Waals surface area (Å²) in [5.41, 5.74) is 1.12. The monoisotopic (exact) mass is 266 g/mol. The first-order valence-electron chi connectivity index (χ1n) is 6.47. The van der Waals surface area contributed by atoms with E-state index in [0.29, 0.717) is 19.6 Å². The van der Waals surface area contributed by atoms with Gasteiger partial charge in [-0.2, -0.15) is 0 Å². The molecular formula is C14H22N2O3. The van der Waals surface area contributed by atoms with Crippen molar-refractivity contribution in [3.8, 4) is 5.75 Å². The van der Waals surface area contributed by atoms with Gasteiger partial charge in [0.1, 0.15) is 5.75 Å². The lowest BCUT2D eigenvalue weighted by Crippen LogP contribution is -2.42. The summed E-state index contributed by atoms with van der Waals surface area (Å²) in [6, 6.07) is 7.64. The molecule has 0 saturated carbocycles. The van der Waals surface area contributed by atoms with Crippen LogP contribution < -0.4 is 10.1 Å². The van der Waals surface area contributed by atoms with Gasteiger partial charge in [0.15, 0.2) is 0 Å². The zero-order valence-corrected chi connectivity index (χ0v) is 11.6. The zero-order valence-electron chi connectivity index (χ0n) is 11.6. The van der Waals surface area contributed by atoms with E-state index in [4.69, 9.17) is 9.84 Å². The number of carbonyl (C=O) groups excluding carboxylic acids is 1. The SMILES string of the molecule is CCN(CCO)C(=O)NCCc1cccc(OC)c1. The van der Waals surface area contributed by atoms with E-state index in [0.717, 1.165) is 17.7 Å². The minimum Gasteiger partial charge on any atom is -0.497 e. The maximum atomic E-state index is 11.8. The molecule has 0 heterocycles. The molecule has 0 bridgehead atoms. The van der Waals surface area contributed by atoms with E-state index in [1.807, 2.05) is 31.2 Å². The maximum absolute atomic E-state index is 11.8. The molecule has 0 fully saturated rings. The molecule has 1 aromatic carbocycles. The first-order valence-corrected chi connectivity index (χ1v) is 6.47. The largest absolute Gasteiger partial charge is 0.497 e. The van der Waals surface area contributed by atoms with Crippen LogP contribution in [-0.4, -0.2) is 49.4 Å². The van der Waals surface area contributed by atoms with E-state index < -0.39 is 0 Å². The fraction of sp³-hybridized carbons (Fsp3) is 0.500. The number of hydrogen-bond acceptors (Lipinski definition) is 3. The van der Waals surface area contributed by atoms with E-state index in [9.17, 15) is 4.79 Å². The third-order valence-corrected chi connectivity index (χ3v) is 2.86.